The molecule has 0 fully saturated rings. The summed E-state index contributed by atoms with van der Waals surface area (Å²) in [5, 5.41) is 0.517. The minimum Gasteiger partial charge on any atom is -0.295 e. The van der Waals surface area contributed by atoms with Gasteiger partial charge in [-0.25, -0.2) is 13.1 Å². The summed E-state index contributed by atoms with van der Waals surface area (Å²) < 4.78 is 28.1. The van der Waals surface area contributed by atoms with E-state index in [0.29, 0.717) is 11.6 Å². The Morgan fingerprint density at radius 1 is 0.962 bits per heavy atom. The molecule has 1 N–H and O–H groups in total. The van der Waals surface area contributed by atoms with Crippen molar-refractivity contribution in [3.8, 4) is 0 Å². The molecular formula is C20H27ClN2O2S. The molecule has 2 aromatic rings. The Balaban J connectivity index is 2.22. The molecule has 0 saturated carbocycles. The van der Waals surface area contributed by atoms with Gasteiger partial charge in [0.15, 0.2) is 0 Å². The Kier molecular flexibility index (Phi) is 8.10. The van der Waals surface area contributed by atoms with Crippen LogP contribution in [0.4, 0.5) is 0 Å². The normalized spacial score (nSPS) is 13.1. The highest BCUT2D eigenvalue weighted by molar-refractivity contribution is 7.89. The van der Waals surface area contributed by atoms with Gasteiger partial charge in [0.05, 0.1) is 4.90 Å². The molecule has 0 radical (unpaired) electrons. The summed E-state index contributed by atoms with van der Waals surface area (Å²) in [5.41, 5.74) is 1.12. The van der Waals surface area contributed by atoms with Crippen molar-refractivity contribution in [2.75, 3.05) is 19.6 Å². The molecule has 0 aliphatic carbocycles. The fraction of sp³-hybridized carbons (Fsp3) is 0.400. The van der Waals surface area contributed by atoms with E-state index in [2.05, 4.69) is 35.6 Å². The van der Waals surface area contributed by atoms with E-state index in [9.17, 15) is 8.42 Å². The number of sulfonamides is 1. The average molecular weight is 395 g/mol. The smallest absolute Gasteiger partial charge is 0.240 e. The molecule has 0 bridgehead atoms. The summed E-state index contributed by atoms with van der Waals surface area (Å²) in [7, 11) is -3.58. The molecular weight excluding hydrogens is 368 g/mol. The molecule has 0 unspecified atom stereocenters. The topological polar surface area (TPSA) is 49.4 Å². The van der Waals surface area contributed by atoms with E-state index in [4.69, 9.17) is 11.6 Å². The molecule has 0 heterocycles. The number of nitrogens with zero attached hydrogens (tertiary/aromatic N) is 1. The largest absolute Gasteiger partial charge is 0.295 e. The van der Waals surface area contributed by atoms with Crippen LogP contribution in [0.25, 0.3) is 0 Å². The lowest BCUT2D eigenvalue weighted by atomic mass is 10.0. The third-order valence-corrected chi connectivity index (χ3v) is 5.93. The molecule has 0 aromatic heterocycles. The van der Waals surface area contributed by atoms with Crippen molar-refractivity contribution < 1.29 is 8.42 Å². The predicted molar refractivity (Wildman–Crippen MR) is 108 cm³/mol. The van der Waals surface area contributed by atoms with Crippen LogP contribution in [-0.2, 0) is 10.0 Å². The molecule has 2 aromatic carbocycles. The molecule has 0 spiro atoms. The van der Waals surface area contributed by atoms with Crippen molar-refractivity contribution in [1.29, 1.82) is 0 Å². The van der Waals surface area contributed by atoms with Gasteiger partial charge in [0.25, 0.3) is 0 Å². The monoisotopic (exact) mass is 394 g/mol. The van der Waals surface area contributed by atoms with Gasteiger partial charge in [-0.15, -0.1) is 0 Å². The van der Waals surface area contributed by atoms with E-state index in [-0.39, 0.29) is 10.9 Å². The van der Waals surface area contributed by atoms with Gasteiger partial charge in [0.1, 0.15) is 0 Å². The highest BCUT2D eigenvalue weighted by atomic mass is 35.5. The van der Waals surface area contributed by atoms with Crippen LogP contribution in [-0.4, -0.2) is 33.0 Å². The number of nitrogens with one attached hydrogen (secondary N) is 1. The molecule has 142 valence electrons. The molecule has 0 aliphatic heterocycles. The predicted octanol–water partition coefficient (Wildman–Crippen LogP) is 4.48. The lowest BCUT2D eigenvalue weighted by molar-refractivity contribution is 0.198. The summed E-state index contributed by atoms with van der Waals surface area (Å²) in [6.07, 6.45) is 2.04. The van der Waals surface area contributed by atoms with Crippen molar-refractivity contribution in [3.05, 3.63) is 65.2 Å². The van der Waals surface area contributed by atoms with Crippen molar-refractivity contribution in [1.82, 2.24) is 9.62 Å². The second kappa shape index (κ2) is 10.1. The van der Waals surface area contributed by atoms with Gasteiger partial charge in [-0.1, -0.05) is 55.8 Å². The summed E-state index contributed by atoms with van der Waals surface area (Å²) in [6, 6.07) is 16.3. The molecule has 0 amide bonds. The van der Waals surface area contributed by atoms with Crippen LogP contribution >= 0.6 is 11.6 Å². The summed E-state index contributed by atoms with van der Waals surface area (Å²) in [4.78, 5) is 2.57. The molecule has 2 rings (SSSR count). The van der Waals surface area contributed by atoms with E-state index in [1.807, 2.05) is 18.2 Å². The maximum atomic E-state index is 12.6. The van der Waals surface area contributed by atoms with E-state index >= 15 is 0 Å². The molecule has 0 saturated heterocycles. The van der Waals surface area contributed by atoms with Gasteiger partial charge in [-0.2, -0.15) is 0 Å². The molecule has 4 nitrogen and oxygen atoms in total. The lowest BCUT2D eigenvalue weighted by Crippen LogP contribution is -2.39. The van der Waals surface area contributed by atoms with Crippen LogP contribution in [0.2, 0.25) is 5.02 Å². The Morgan fingerprint density at radius 2 is 1.54 bits per heavy atom. The van der Waals surface area contributed by atoms with Crippen LogP contribution in [0.1, 0.15) is 38.3 Å². The van der Waals surface area contributed by atoms with Gasteiger partial charge in [0, 0.05) is 17.6 Å². The minimum atomic E-state index is -3.58. The molecule has 6 heteroatoms. The van der Waals surface area contributed by atoms with Gasteiger partial charge < -0.3 is 0 Å². The first kappa shape index (κ1) is 20.9. The van der Waals surface area contributed by atoms with Gasteiger partial charge in [-0.05, 0) is 55.8 Å². The maximum Gasteiger partial charge on any atom is 0.240 e. The number of hydrogen-bond acceptors (Lipinski definition) is 3. The first-order valence-electron chi connectivity index (χ1n) is 9.02. The molecule has 26 heavy (non-hydrogen) atoms. The zero-order valence-corrected chi connectivity index (χ0v) is 16.9. The van der Waals surface area contributed by atoms with Crippen molar-refractivity contribution in [3.63, 3.8) is 0 Å². The SMILES string of the molecule is CCCN(CCC)[C@@H](CNS(=O)(=O)c1ccc(Cl)cc1)c1ccccc1. The second-order valence-corrected chi connectivity index (χ2v) is 8.47. The van der Waals surface area contributed by atoms with Crippen molar-refractivity contribution >= 4 is 21.6 Å². The highest BCUT2D eigenvalue weighted by Crippen LogP contribution is 2.22. The van der Waals surface area contributed by atoms with Crippen LogP contribution in [0, 0.1) is 0 Å². The zero-order valence-electron chi connectivity index (χ0n) is 15.4. The van der Waals surface area contributed by atoms with Gasteiger partial charge in [0.2, 0.25) is 10.0 Å². The summed E-state index contributed by atoms with van der Waals surface area (Å²) in [5.74, 6) is 0. The van der Waals surface area contributed by atoms with E-state index in [1.165, 1.54) is 12.1 Å². The average Bonchev–Trinajstić information content (AvgIpc) is 2.63. The number of hydrogen-bond donors (Lipinski definition) is 1. The Bertz CT molecular complexity index is 758. The molecule has 1 atom stereocenters. The number of rotatable bonds is 10. The van der Waals surface area contributed by atoms with Gasteiger partial charge >= 0.3 is 0 Å². The Labute approximate surface area is 162 Å². The van der Waals surface area contributed by atoms with E-state index < -0.39 is 10.0 Å². The Hall–Kier alpha value is -1.40. The fourth-order valence-corrected chi connectivity index (χ4v) is 4.18. The molecule has 0 aliphatic rings. The maximum absolute atomic E-state index is 12.6. The third kappa shape index (κ3) is 5.81. The summed E-state index contributed by atoms with van der Waals surface area (Å²) in [6.45, 7) is 6.46. The van der Waals surface area contributed by atoms with Crippen molar-refractivity contribution in [2.45, 2.75) is 37.6 Å². The standard InChI is InChI=1S/C20H27ClN2O2S/c1-3-14-23(15-4-2)20(17-8-6-5-7-9-17)16-22-26(24,25)19-12-10-18(21)11-13-19/h5-13,20,22H,3-4,14-16H2,1-2H3/t20-/m0/s1. The summed E-state index contributed by atoms with van der Waals surface area (Å²) >= 11 is 5.86. The van der Waals surface area contributed by atoms with Gasteiger partial charge in [-0.3, -0.25) is 4.90 Å². The second-order valence-electron chi connectivity index (χ2n) is 6.27. The first-order valence-corrected chi connectivity index (χ1v) is 10.9. The fourth-order valence-electron chi connectivity index (χ4n) is 3.02. The first-order chi connectivity index (χ1) is 12.5. The third-order valence-electron chi connectivity index (χ3n) is 4.24. The van der Waals surface area contributed by atoms with Crippen LogP contribution in [0.3, 0.4) is 0 Å². The number of halogens is 1. The number of benzene rings is 2. The van der Waals surface area contributed by atoms with E-state index in [1.54, 1.807) is 12.1 Å². The van der Waals surface area contributed by atoms with Crippen molar-refractivity contribution in [2.24, 2.45) is 0 Å². The van der Waals surface area contributed by atoms with Crippen LogP contribution in [0.5, 0.6) is 0 Å². The quantitative estimate of drug-likeness (QED) is 0.646. The minimum absolute atomic E-state index is 0.00169. The van der Waals surface area contributed by atoms with Crippen LogP contribution in [0.15, 0.2) is 59.5 Å². The lowest BCUT2D eigenvalue weighted by Gasteiger charge is -2.32. The highest BCUT2D eigenvalue weighted by Gasteiger charge is 2.22. The van der Waals surface area contributed by atoms with E-state index in [0.717, 1.165) is 31.5 Å². The Morgan fingerprint density at radius 3 is 2.08 bits per heavy atom. The zero-order chi connectivity index (χ0) is 19.0. The van der Waals surface area contributed by atoms with Crippen LogP contribution < -0.4 is 4.72 Å².